The van der Waals surface area contributed by atoms with Crippen molar-refractivity contribution in [2.24, 2.45) is 35.0 Å². The van der Waals surface area contributed by atoms with Crippen LogP contribution in [0.25, 0.3) is 0 Å². The lowest BCUT2D eigenvalue weighted by molar-refractivity contribution is -0.156. The number of hydrogen-bond acceptors (Lipinski definition) is 1. The molecule has 0 radical (unpaired) electrons. The Morgan fingerprint density at radius 2 is 2.00 bits per heavy atom. The second-order valence-electron chi connectivity index (χ2n) is 9.05. The molecular weight excluding hydrogens is 273 g/mol. The minimum Gasteiger partial charge on any atom is -0.456 e. The summed E-state index contributed by atoms with van der Waals surface area (Å²) < 4.78 is 15.0. The molecule has 0 aromatic carbocycles. The van der Waals surface area contributed by atoms with Crippen LogP contribution < -0.4 is 0 Å². The number of halogens is 1. The fourth-order valence-corrected chi connectivity index (χ4v) is 7.00. The molecule has 3 aliphatic carbocycles. The zero-order valence-electron chi connectivity index (χ0n) is 14.2. The van der Waals surface area contributed by atoms with E-state index in [0.717, 1.165) is 24.8 Å². The van der Waals surface area contributed by atoms with Crippen LogP contribution in [0.3, 0.4) is 0 Å². The van der Waals surface area contributed by atoms with Crippen LogP contribution in [0.1, 0.15) is 52.4 Å². The lowest BCUT2D eigenvalue weighted by atomic mass is 9.43. The molecule has 4 aliphatic rings. The monoisotopic (exact) mass is 304 g/mol. The van der Waals surface area contributed by atoms with Crippen LogP contribution in [0, 0.1) is 42.1 Å². The number of hydrogen-bond donors (Lipinski definition) is 0. The first-order valence-electron chi connectivity index (χ1n) is 9.31. The van der Waals surface area contributed by atoms with Crippen molar-refractivity contribution in [1.82, 2.24) is 4.90 Å². The molecule has 2 heteroatoms. The Hall–Kier alpha value is -0.370. The number of piperidine rings is 1. The molecule has 124 valence electrons. The fourth-order valence-electron chi connectivity index (χ4n) is 7.00. The molecule has 0 bridgehead atoms. The maximum atomic E-state index is 15.0. The predicted molar refractivity (Wildman–Crippen MR) is 88.8 cm³/mol. The van der Waals surface area contributed by atoms with Crippen LogP contribution in [-0.2, 0) is 0 Å². The van der Waals surface area contributed by atoms with Crippen LogP contribution in [0.2, 0.25) is 0 Å². The SMILES string of the molecule is C=C1CCC(F)C2C1C1C3C(CCCC3C2(C)C)CCN1[CH2-]. The maximum Gasteiger partial charge on any atom is 0.104 e. The molecule has 1 saturated heterocycles. The van der Waals surface area contributed by atoms with Crippen molar-refractivity contribution in [1.29, 1.82) is 0 Å². The van der Waals surface area contributed by atoms with E-state index in [1.165, 1.54) is 31.3 Å². The average Bonchev–Trinajstić information content (AvgIpc) is 2.48. The summed E-state index contributed by atoms with van der Waals surface area (Å²) >= 11 is 0. The fraction of sp³-hybridized carbons (Fsp3) is 0.850. The van der Waals surface area contributed by atoms with Crippen LogP contribution in [-0.4, -0.2) is 23.7 Å². The third-order valence-electron chi connectivity index (χ3n) is 7.87. The van der Waals surface area contributed by atoms with Gasteiger partial charge < -0.3 is 4.90 Å². The molecule has 4 rings (SSSR count). The minimum atomic E-state index is -0.651. The average molecular weight is 304 g/mol. The molecule has 4 fully saturated rings. The first kappa shape index (κ1) is 15.2. The van der Waals surface area contributed by atoms with Gasteiger partial charge in [-0.05, 0) is 67.4 Å². The molecule has 0 amide bonds. The molecule has 7 unspecified atom stereocenters. The minimum absolute atomic E-state index is 0.103. The number of rotatable bonds is 0. The number of likely N-dealkylation sites (tertiary alicyclic amines) is 1. The van der Waals surface area contributed by atoms with Crippen LogP contribution >= 0.6 is 0 Å². The van der Waals surface area contributed by atoms with Gasteiger partial charge in [0.05, 0.1) is 0 Å². The molecular formula is C20H31FN-. The van der Waals surface area contributed by atoms with Gasteiger partial charge >= 0.3 is 0 Å². The first-order chi connectivity index (χ1) is 10.4. The highest BCUT2D eigenvalue weighted by Gasteiger charge is 2.61. The lowest BCUT2D eigenvalue weighted by Gasteiger charge is -2.67. The third-order valence-corrected chi connectivity index (χ3v) is 7.87. The summed E-state index contributed by atoms with van der Waals surface area (Å²) in [5.41, 5.74) is 1.42. The van der Waals surface area contributed by atoms with Gasteiger partial charge in [-0.25, -0.2) is 4.39 Å². The highest BCUT2D eigenvalue weighted by molar-refractivity contribution is 5.21. The van der Waals surface area contributed by atoms with Crippen LogP contribution in [0.5, 0.6) is 0 Å². The second kappa shape index (κ2) is 5.06. The van der Waals surface area contributed by atoms with Gasteiger partial charge in [0.1, 0.15) is 6.17 Å². The van der Waals surface area contributed by atoms with Gasteiger partial charge in [-0.1, -0.05) is 38.8 Å². The summed E-state index contributed by atoms with van der Waals surface area (Å²) in [7, 11) is 4.38. The van der Waals surface area contributed by atoms with Crippen LogP contribution in [0.15, 0.2) is 12.2 Å². The predicted octanol–water partition coefficient (Wildman–Crippen LogP) is 4.85. The maximum absolute atomic E-state index is 15.0. The zero-order valence-corrected chi connectivity index (χ0v) is 14.2. The molecule has 22 heavy (non-hydrogen) atoms. The van der Waals surface area contributed by atoms with E-state index in [9.17, 15) is 0 Å². The Bertz CT molecular complexity index is 470. The highest BCUT2D eigenvalue weighted by Crippen LogP contribution is 2.63. The van der Waals surface area contributed by atoms with E-state index >= 15 is 4.39 Å². The number of nitrogens with zero attached hydrogens (tertiary/aromatic N) is 1. The van der Waals surface area contributed by atoms with Gasteiger partial charge in [-0.2, -0.15) is 0 Å². The number of alkyl halides is 1. The molecule has 0 spiro atoms. The summed E-state index contributed by atoms with van der Waals surface area (Å²) in [5.74, 6) is 2.72. The molecule has 1 nitrogen and oxygen atoms in total. The van der Waals surface area contributed by atoms with Crippen molar-refractivity contribution >= 4 is 0 Å². The van der Waals surface area contributed by atoms with E-state index < -0.39 is 6.17 Å². The van der Waals surface area contributed by atoms with Gasteiger partial charge in [0.15, 0.2) is 0 Å². The summed E-state index contributed by atoms with van der Waals surface area (Å²) in [6.07, 6.45) is 6.22. The van der Waals surface area contributed by atoms with E-state index in [-0.39, 0.29) is 11.3 Å². The molecule has 1 aliphatic heterocycles. The van der Waals surface area contributed by atoms with Gasteiger partial charge in [0, 0.05) is 5.92 Å². The smallest absolute Gasteiger partial charge is 0.104 e. The lowest BCUT2D eigenvalue weighted by Crippen LogP contribution is -2.66. The van der Waals surface area contributed by atoms with Crippen molar-refractivity contribution in [2.45, 2.75) is 64.6 Å². The second-order valence-corrected chi connectivity index (χ2v) is 9.05. The molecule has 3 saturated carbocycles. The molecule has 0 aromatic heterocycles. The molecule has 0 aromatic rings. The van der Waals surface area contributed by atoms with E-state index in [4.69, 9.17) is 0 Å². The summed E-state index contributed by atoms with van der Waals surface area (Å²) in [5, 5.41) is 0. The molecule has 1 heterocycles. The molecule has 7 atom stereocenters. The Kier molecular flexibility index (Phi) is 3.49. The standard InChI is InChI=1S/C20H31FN/c1-12-8-9-15(21)18-16(12)19-17-13(10-11-22(19)4)6-5-7-14(17)20(18,2)3/h13-19H,1,4-11H2,2-3H3/q-1. The Morgan fingerprint density at radius 1 is 1.23 bits per heavy atom. The first-order valence-corrected chi connectivity index (χ1v) is 9.31. The van der Waals surface area contributed by atoms with Crippen molar-refractivity contribution in [3.05, 3.63) is 19.2 Å². The quantitative estimate of drug-likeness (QED) is 0.457. The normalized spacial score (nSPS) is 51.1. The van der Waals surface area contributed by atoms with Crippen molar-refractivity contribution < 1.29 is 4.39 Å². The highest BCUT2D eigenvalue weighted by atomic mass is 19.1. The number of fused-ring (bicyclic) bond motifs is 2. The van der Waals surface area contributed by atoms with Gasteiger partial charge in [0.2, 0.25) is 0 Å². The van der Waals surface area contributed by atoms with Crippen LogP contribution in [0.4, 0.5) is 4.39 Å². The van der Waals surface area contributed by atoms with E-state index in [1.54, 1.807) is 0 Å². The van der Waals surface area contributed by atoms with Gasteiger partial charge in [-0.3, -0.25) is 7.05 Å². The Morgan fingerprint density at radius 3 is 2.77 bits per heavy atom. The largest absolute Gasteiger partial charge is 0.456 e. The Balaban J connectivity index is 1.82. The van der Waals surface area contributed by atoms with E-state index in [0.29, 0.717) is 24.3 Å². The van der Waals surface area contributed by atoms with E-state index in [1.807, 2.05) is 0 Å². The van der Waals surface area contributed by atoms with Gasteiger partial charge in [-0.15, -0.1) is 0 Å². The topological polar surface area (TPSA) is 3.24 Å². The Labute approximate surface area is 135 Å². The molecule has 0 N–H and O–H groups in total. The van der Waals surface area contributed by atoms with Gasteiger partial charge in [0.25, 0.3) is 0 Å². The third kappa shape index (κ3) is 1.92. The van der Waals surface area contributed by atoms with E-state index in [2.05, 4.69) is 32.4 Å². The van der Waals surface area contributed by atoms with Crippen molar-refractivity contribution in [3.8, 4) is 0 Å². The summed E-state index contributed by atoms with van der Waals surface area (Å²) in [6, 6.07) is 0.452. The van der Waals surface area contributed by atoms with Crippen molar-refractivity contribution in [2.75, 3.05) is 6.54 Å². The van der Waals surface area contributed by atoms with Crippen molar-refractivity contribution in [3.63, 3.8) is 0 Å². The zero-order chi connectivity index (χ0) is 15.6. The summed E-state index contributed by atoms with van der Waals surface area (Å²) in [4.78, 5) is 2.33. The summed E-state index contributed by atoms with van der Waals surface area (Å²) in [6.45, 7) is 10.2.